The molecule has 0 aliphatic heterocycles. The number of rotatable bonds is 1. The molecule has 1 aliphatic rings. The van der Waals surface area contributed by atoms with Gasteiger partial charge in [0.15, 0.2) is 0 Å². The highest BCUT2D eigenvalue weighted by Gasteiger charge is 2.30. The first-order valence-corrected chi connectivity index (χ1v) is 5.38. The third-order valence-corrected chi connectivity index (χ3v) is 4.38. The summed E-state index contributed by atoms with van der Waals surface area (Å²) in [6.45, 7) is 4.76. The Labute approximate surface area is 67.1 Å². The van der Waals surface area contributed by atoms with Crippen molar-refractivity contribution in [2.24, 2.45) is 5.92 Å². The van der Waals surface area contributed by atoms with Crippen LogP contribution in [0.15, 0.2) is 0 Å². The maximum absolute atomic E-state index is 3.57. The first-order chi connectivity index (χ1) is 4.69. The summed E-state index contributed by atoms with van der Waals surface area (Å²) in [5.41, 5.74) is 0.491. The monoisotopic (exact) mass is 157 g/mol. The highest BCUT2D eigenvalue weighted by atomic mass is 28.2. The van der Waals surface area contributed by atoms with Gasteiger partial charge in [0.1, 0.15) is 0 Å². The minimum atomic E-state index is 0.491. The van der Waals surface area contributed by atoms with Crippen LogP contribution in [0.4, 0.5) is 0 Å². The van der Waals surface area contributed by atoms with E-state index in [0.29, 0.717) is 5.54 Å². The Kier molecular flexibility index (Phi) is 2.53. The van der Waals surface area contributed by atoms with Crippen LogP contribution in [0, 0.1) is 5.92 Å². The van der Waals surface area contributed by atoms with Gasteiger partial charge in [-0.2, -0.15) is 0 Å². The molecule has 0 amide bonds. The molecular weight excluding hydrogens is 138 g/mol. The second-order valence-corrected chi connectivity index (χ2v) is 4.31. The zero-order valence-electron chi connectivity index (χ0n) is 7.41. The Morgan fingerprint density at radius 2 is 2.20 bits per heavy atom. The Balaban J connectivity index is 2.54. The van der Waals surface area contributed by atoms with E-state index in [0.717, 1.165) is 16.3 Å². The third-order valence-electron chi connectivity index (χ3n) is 3.24. The van der Waals surface area contributed by atoms with Crippen LogP contribution in [-0.2, 0) is 0 Å². The van der Waals surface area contributed by atoms with E-state index >= 15 is 0 Å². The molecule has 2 heteroatoms. The van der Waals surface area contributed by atoms with Crippen molar-refractivity contribution in [2.45, 2.75) is 45.1 Å². The number of nitrogens with one attached hydrogen (secondary N) is 1. The van der Waals surface area contributed by atoms with Crippen molar-refractivity contribution in [3.05, 3.63) is 0 Å². The molecule has 2 unspecified atom stereocenters. The summed E-state index contributed by atoms with van der Waals surface area (Å²) >= 11 is 0. The average molecular weight is 157 g/mol. The normalized spacial score (nSPS) is 42.0. The van der Waals surface area contributed by atoms with Crippen molar-refractivity contribution in [1.82, 2.24) is 4.98 Å². The molecule has 0 bridgehead atoms. The second-order valence-electron chi connectivity index (χ2n) is 3.81. The van der Waals surface area contributed by atoms with E-state index in [1.807, 2.05) is 0 Å². The fourth-order valence-corrected chi connectivity index (χ4v) is 2.62. The Bertz CT molecular complexity index is 116. The SMILES string of the molecule is CC1CCCCC1(C)N[SiH3]. The van der Waals surface area contributed by atoms with Crippen molar-refractivity contribution in [3.63, 3.8) is 0 Å². The van der Waals surface area contributed by atoms with Gasteiger partial charge in [0.05, 0.1) is 10.4 Å². The summed E-state index contributed by atoms with van der Waals surface area (Å²) in [6, 6.07) is 0. The summed E-state index contributed by atoms with van der Waals surface area (Å²) in [5, 5.41) is 0. The molecule has 0 aromatic carbocycles. The second kappa shape index (κ2) is 3.05. The number of hydrogen-bond acceptors (Lipinski definition) is 1. The van der Waals surface area contributed by atoms with E-state index in [1.54, 1.807) is 0 Å². The lowest BCUT2D eigenvalue weighted by molar-refractivity contribution is 0.206. The molecule has 0 aromatic rings. The predicted molar refractivity (Wildman–Crippen MR) is 49.1 cm³/mol. The molecule has 1 rings (SSSR count). The molecule has 1 nitrogen and oxygen atoms in total. The van der Waals surface area contributed by atoms with Crippen molar-refractivity contribution in [1.29, 1.82) is 0 Å². The molecule has 1 fully saturated rings. The summed E-state index contributed by atoms with van der Waals surface area (Å²) in [5.74, 6) is 0.888. The van der Waals surface area contributed by atoms with Gasteiger partial charge in [-0.05, 0) is 25.7 Å². The molecule has 60 valence electrons. The van der Waals surface area contributed by atoms with Gasteiger partial charge < -0.3 is 4.98 Å². The zero-order chi connectivity index (χ0) is 7.61. The molecule has 1 saturated carbocycles. The summed E-state index contributed by atoms with van der Waals surface area (Å²) in [7, 11) is 1.14. The summed E-state index contributed by atoms with van der Waals surface area (Å²) in [6.07, 6.45) is 5.68. The molecule has 0 radical (unpaired) electrons. The van der Waals surface area contributed by atoms with Crippen LogP contribution in [0.5, 0.6) is 0 Å². The lowest BCUT2D eigenvalue weighted by Gasteiger charge is -2.39. The molecule has 0 heterocycles. The van der Waals surface area contributed by atoms with E-state index in [1.165, 1.54) is 25.7 Å². The van der Waals surface area contributed by atoms with Crippen molar-refractivity contribution in [2.75, 3.05) is 0 Å². The van der Waals surface area contributed by atoms with Gasteiger partial charge in [-0.3, -0.25) is 0 Å². The molecule has 0 aromatic heterocycles. The minimum Gasteiger partial charge on any atom is -0.340 e. The van der Waals surface area contributed by atoms with Crippen LogP contribution in [-0.4, -0.2) is 15.9 Å². The first kappa shape index (κ1) is 8.28. The van der Waals surface area contributed by atoms with Crippen LogP contribution >= 0.6 is 0 Å². The molecule has 0 saturated heterocycles. The fourth-order valence-electron chi connectivity index (χ4n) is 1.88. The van der Waals surface area contributed by atoms with Crippen molar-refractivity contribution in [3.8, 4) is 0 Å². The summed E-state index contributed by atoms with van der Waals surface area (Å²) in [4.78, 5) is 3.57. The number of hydrogen-bond donors (Lipinski definition) is 1. The molecule has 10 heavy (non-hydrogen) atoms. The highest BCUT2D eigenvalue weighted by molar-refractivity contribution is 6.04. The fraction of sp³-hybridized carbons (Fsp3) is 1.00. The molecular formula is C8H19NSi. The van der Waals surface area contributed by atoms with Gasteiger partial charge in [-0.25, -0.2) is 0 Å². The topological polar surface area (TPSA) is 12.0 Å². The van der Waals surface area contributed by atoms with Gasteiger partial charge in [-0.1, -0.05) is 19.8 Å². The molecule has 1 N–H and O–H groups in total. The molecule has 2 atom stereocenters. The highest BCUT2D eigenvalue weighted by Crippen LogP contribution is 2.32. The predicted octanol–water partition coefficient (Wildman–Crippen LogP) is 0.825. The Hall–Kier alpha value is 0.177. The third kappa shape index (κ3) is 1.43. The van der Waals surface area contributed by atoms with E-state index < -0.39 is 0 Å². The molecule has 1 aliphatic carbocycles. The Morgan fingerprint density at radius 1 is 1.50 bits per heavy atom. The van der Waals surface area contributed by atoms with Crippen LogP contribution in [0.2, 0.25) is 0 Å². The van der Waals surface area contributed by atoms with E-state index in [2.05, 4.69) is 18.8 Å². The minimum absolute atomic E-state index is 0.491. The van der Waals surface area contributed by atoms with Gasteiger partial charge >= 0.3 is 0 Å². The standard InChI is InChI=1S/C8H19NSi/c1-7-5-3-4-6-8(7,2)9-10/h7,9H,3-6H2,1-2,10H3. The van der Waals surface area contributed by atoms with Crippen LogP contribution in [0.25, 0.3) is 0 Å². The van der Waals surface area contributed by atoms with Gasteiger partial charge in [-0.15, -0.1) is 0 Å². The van der Waals surface area contributed by atoms with Crippen molar-refractivity contribution >= 4 is 10.4 Å². The largest absolute Gasteiger partial charge is 0.340 e. The van der Waals surface area contributed by atoms with Crippen molar-refractivity contribution < 1.29 is 0 Å². The van der Waals surface area contributed by atoms with Gasteiger partial charge in [0.2, 0.25) is 0 Å². The smallest absolute Gasteiger partial charge is 0.0755 e. The maximum Gasteiger partial charge on any atom is 0.0755 e. The zero-order valence-corrected chi connectivity index (χ0v) is 9.41. The van der Waals surface area contributed by atoms with E-state index in [4.69, 9.17) is 0 Å². The van der Waals surface area contributed by atoms with Crippen LogP contribution in [0.1, 0.15) is 39.5 Å². The van der Waals surface area contributed by atoms with E-state index in [9.17, 15) is 0 Å². The van der Waals surface area contributed by atoms with Gasteiger partial charge in [0, 0.05) is 5.54 Å². The molecule has 0 spiro atoms. The summed E-state index contributed by atoms with van der Waals surface area (Å²) < 4.78 is 0. The van der Waals surface area contributed by atoms with E-state index in [-0.39, 0.29) is 0 Å². The Morgan fingerprint density at radius 3 is 2.60 bits per heavy atom. The first-order valence-electron chi connectivity index (χ1n) is 4.38. The van der Waals surface area contributed by atoms with Crippen LogP contribution < -0.4 is 4.98 Å². The lowest BCUT2D eigenvalue weighted by Crippen LogP contribution is -2.48. The van der Waals surface area contributed by atoms with Crippen LogP contribution in [0.3, 0.4) is 0 Å². The lowest BCUT2D eigenvalue weighted by atomic mass is 9.76. The quantitative estimate of drug-likeness (QED) is 0.556. The average Bonchev–Trinajstić information content (AvgIpc) is 1.96. The maximum atomic E-state index is 3.57. The van der Waals surface area contributed by atoms with Gasteiger partial charge in [0.25, 0.3) is 0 Å².